The van der Waals surface area contributed by atoms with Gasteiger partial charge in [0.2, 0.25) is 15.9 Å². The Bertz CT molecular complexity index is 601. The Morgan fingerprint density at radius 1 is 1.47 bits per heavy atom. The third kappa shape index (κ3) is 3.04. The van der Waals surface area contributed by atoms with Gasteiger partial charge in [0.05, 0.1) is 11.4 Å². The predicted molar refractivity (Wildman–Crippen MR) is 69.7 cm³/mol. The molecule has 5 nitrogen and oxygen atoms in total. The molecule has 0 aliphatic carbocycles. The van der Waals surface area contributed by atoms with Crippen LogP contribution in [0.3, 0.4) is 0 Å². The molecule has 0 radical (unpaired) electrons. The second-order valence-corrected chi connectivity index (χ2v) is 6.45. The molecule has 1 saturated heterocycles. The van der Waals surface area contributed by atoms with E-state index >= 15 is 0 Å². The lowest BCUT2D eigenvalue weighted by Gasteiger charge is -2.18. The zero-order valence-corrected chi connectivity index (χ0v) is 11.3. The molecule has 1 aromatic carbocycles. The number of carbonyl (C=O) groups excluding carboxylic acids is 1. The molecule has 0 bridgehead atoms. The van der Waals surface area contributed by atoms with Gasteiger partial charge in [-0.1, -0.05) is 6.07 Å². The van der Waals surface area contributed by atoms with E-state index in [1.54, 1.807) is 6.07 Å². The summed E-state index contributed by atoms with van der Waals surface area (Å²) in [5.41, 5.74) is 0.664. The maximum Gasteiger partial charge on any atom is 0.235 e. The molecule has 19 heavy (non-hydrogen) atoms. The van der Waals surface area contributed by atoms with Gasteiger partial charge in [-0.3, -0.25) is 9.10 Å². The lowest BCUT2D eigenvalue weighted by atomic mass is 10.2. The van der Waals surface area contributed by atoms with Gasteiger partial charge in [-0.05, 0) is 24.1 Å². The maximum atomic E-state index is 14.0. The van der Waals surface area contributed by atoms with Crippen molar-refractivity contribution in [1.82, 2.24) is 5.32 Å². The number of nitrogens with zero attached hydrogens (tertiary/aromatic N) is 1. The van der Waals surface area contributed by atoms with Crippen LogP contribution in [-0.2, 0) is 21.4 Å². The van der Waals surface area contributed by atoms with Gasteiger partial charge in [-0.25, -0.2) is 12.8 Å². The second kappa shape index (κ2) is 5.16. The fourth-order valence-corrected chi connectivity index (χ4v) is 3.57. The maximum absolute atomic E-state index is 14.0. The summed E-state index contributed by atoms with van der Waals surface area (Å²) >= 11 is 0. The molecule has 1 amide bonds. The van der Waals surface area contributed by atoms with E-state index in [9.17, 15) is 17.6 Å². The van der Waals surface area contributed by atoms with Crippen molar-refractivity contribution in [2.45, 2.75) is 19.9 Å². The van der Waals surface area contributed by atoms with E-state index in [1.807, 2.05) is 0 Å². The van der Waals surface area contributed by atoms with Crippen LogP contribution in [-0.4, -0.2) is 26.6 Å². The molecule has 0 saturated carbocycles. The number of anilines is 1. The molecule has 1 aliphatic rings. The highest BCUT2D eigenvalue weighted by Crippen LogP contribution is 2.27. The minimum absolute atomic E-state index is 0.0556. The number of amides is 1. The van der Waals surface area contributed by atoms with Crippen LogP contribution in [0.1, 0.15) is 18.9 Å². The van der Waals surface area contributed by atoms with E-state index in [4.69, 9.17) is 0 Å². The SMILES string of the molecule is CC(=O)NCc1ccc(N2CCCS2(=O)=O)c(F)c1. The van der Waals surface area contributed by atoms with Gasteiger partial charge in [0.25, 0.3) is 0 Å². The molecule has 0 spiro atoms. The second-order valence-electron chi connectivity index (χ2n) is 4.44. The van der Waals surface area contributed by atoms with Gasteiger partial charge in [0.1, 0.15) is 5.82 Å². The molecule has 104 valence electrons. The largest absolute Gasteiger partial charge is 0.352 e. The average Bonchev–Trinajstić information content (AvgIpc) is 2.66. The summed E-state index contributed by atoms with van der Waals surface area (Å²) in [7, 11) is -3.38. The van der Waals surface area contributed by atoms with Crippen LogP contribution < -0.4 is 9.62 Å². The van der Waals surface area contributed by atoms with Gasteiger partial charge < -0.3 is 5.32 Å². The van der Waals surface area contributed by atoms with Crippen molar-refractivity contribution in [3.05, 3.63) is 29.6 Å². The zero-order chi connectivity index (χ0) is 14.0. The Labute approximate surface area is 111 Å². The fraction of sp³-hybridized carbons (Fsp3) is 0.417. The lowest BCUT2D eigenvalue weighted by molar-refractivity contribution is -0.119. The summed E-state index contributed by atoms with van der Waals surface area (Å²) in [5.74, 6) is -0.736. The number of carbonyl (C=O) groups is 1. The third-order valence-corrected chi connectivity index (χ3v) is 4.78. The molecule has 1 aliphatic heterocycles. The molecule has 1 aromatic rings. The highest BCUT2D eigenvalue weighted by molar-refractivity contribution is 7.93. The van der Waals surface area contributed by atoms with Gasteiger partial charge in [-0.15, -0.1) is 0 Å². The van der Waals surface area contributed by atoms with Crippen LogP contribution in [0.25, 0.3) is 0 Å². The standard InChI is InChI=1S/C12H15FN2O3S/c1-9(16)14-8-10-3-4-12(11(13)7-10)15-5-2-6-19(15,17)18/h3-4,7H,2,5-6,8H2,1H3,(H,14,16). The number of benzene rings is 1. The Hall–Kier alpha value is -1.63. The summed E-state index contributed by atoms with van der Waals surface area (Å²) in [4.78, 5) is 10.8. The van der Waals surface area contributed by atoms with E-state index in [1.165, 1.54) is 19.1 Å². The monoisotopic (exact) mass is 286 g/mol. The molecule has 7 heteroatoms. The molecule has 0 atom stereocenters. The smallest absolute Gasteiger partial charge is 0.235 e. The first-order valence-corrected chi connectivity index (χ1v) is 7.54. The van der Waals surface area contributed by atoms with Crippen molar-refractivity contribution in [1.29, 1.82) is 0 Å². The fourth-order valence-electron chi connectivity index (χ4n) is 2.00. The van der Waals surface area contributed by atoms with E-state index in [0.29, 0.717) is 18.5 Å². The van der Waals surface area contributed by atoms with Crippen molar-refractivity contribution in [3.8, 4) is 0 Å². The first-order chi connectivity index (χ1) is 8.90. The van der Waals surface area contributed by atoms with E-state index in [0.717, 1.165) is 4.31 Å². The number of hydrogen-bond acceptors (Lipinski definition) is 3. The first-order valence-electron chi connectivity index (χ1n) is 5.93. The molecule has 1 N–H and O–H groups in total. The molecule has 0 unspecified atom stereocenters. The van der Waals surface area contributed by atoms with Gasteiger partial charge in [-0.2, -0.15) is 0 Å². The number of rotatable bonds is 3. The predicted octanol–water partition coefficient (Wildman–Crippen LogP) is 1.00. The minimum Gasteiger partial charge on any atom is -0.352 e. The molecular formula is C12H15FN2O3S. The third-order valence-electron chi connectivity index (χ3n) is 2.92. The van der Waals surface area contributed by atoms with Crippen LogP contribution >= 0.6 is 0 Å². The van der Waals surface area contributed by atoms with E-state index < -0.39 is 15.8 Å². The van der Waals surface area contributed by atoms with Gasteiger partial charge >= 0.3 is 0 Å². The lowest BCUT2D eigenvalue weighted by Crippen LogP contribution is -2.26. The Kier molecular flexibility index (Phi) is 3.75. The van der Waals surface area contributed by atoms with E-state index in [-0.39, 0.29) is 23.9 Å². The Balaban J connectivity index is 2.22. The van der Waals surface area contributed by atoms with Gasteiger partial charge in [0.15, 0.2) is 0 Å². The van der Waals surface area contributed by atoms with Crippen molar-refractivity contribution in [2.75, 3.05) is 16.6 Å². The number of nitrogens with one attached hydrogen (secondary N) is 1. The van der Waals surface area contributed by atoms with Crippen LogP contribution in [0.4, 0.5) is 10.1 Å². The van der Waals surface area contributed by atoms with Crippen molar-refractivity contribution < 1.29 is 17.6 Å². The zero-order valence-electron chi connectivity index (χ0n) is 10.5. The average molecular weight is 286 g/mol. The first kappa shape index (κ1) is 13.8. The molecule has 0 aromatic heterocycles. The molecule has 1 heterocycles. The van der Waals surface area contributed by atoms with Crippen LogP contribution in [0.5, 0.6) is 0 Å². The summed E-state index contributed by atoms with van der Waals surface area (Å²) in [6, 6.07) is 4.30. The van der Waals surface area contributed by atoms with Gasteiger partial charge in [0, 0.05) is 20.0 Å². The van der Waals surface area contributed by atoms with E-state index in [2.05, 4.69) is 5.32 Å². The van der Waals surface area contributed by atoms with Crippen molar-refractivity contribution >= 4 is 21.6 Å². The Morgan fingerprint density at radius 3 is 2.74 bits per heavy atom. The molecule has 2 rings (SSSR count). The van der Waals surface area contributed by atoms with Crippen molar-refractivity contribution in [3.63, 3.8) is 0 Å². The topological polar surface area (TPSA) is 66.5 Å². The van der Waals surface area contributed by atoms with Crippen molar-refractivity contribution in [2.24, 2.45) is 0 Å². The van der Waals surface area contributed by atoms with Crippen LogP contribution in [0.15, 0.2) is 18.2 Å². The summed E-state index contributed by atoms with van der Waals surface area (Å²) < 4.78 is 38.5. The highest BCUT2D eigenvalue weighted by Gasteiger charge is 2.30. The normalized spacial score (nSPS) is 17.5. The highest BCUT2D eigenvalue weighted by atomic mass is 32.2. The number of hydrogen-bond donors (Lipinski definition) is 1. The summed E-state index contributed by atoms with van der Waals surface area (Å²) in [5, 5.41) is 2.56. The number of sulfonamides is 1. The molecular weight excluding hydrogens is 271 g/mol. The quantitative estimate of drug-likeness (QED) is 0.901. The van der Waals surface area contributed by atoms with Crippen LogP contribution in [0.2, 0.25) is 0 Å². The summed E-state index contributed by atoms with van der Waals surface area (Å²) in [6.07, 6.45) is 0.509. The van der Waals surface area contributed by atoms with Crippen LogP contribution in [0, 0.1) is 5.82 Å². The Morgan fingerprint density at radius 2 is 2.21 bits per heavy atom. The summed E-state index contributed by atoms with van der Waals surface area (Å²) in [6.45, 7) is 1.91. The minimum atomic E-state index is -3.38. The number of halogens is 1. The molecule has 1 fully saturated rings.